The zero-order valence-corrected chi connectivity index (χ0v) is 13.3. The SMILES string of the molecule is CC1=C(C(=O)O)[C@H](c2cc(F)cc(F)c2[C@H](C)F)C2=C(COC2=O)N1. The summed E-state index contributed by atoms with van der Waals surface area (Å²) in [4.78, 5) is 23.8. The van der Waals surface area contributed by atoms with Gasteiger partial charge in [0.1, 0.15) is 24.4 Å². The maximum Gasteiger partial charge on any atom is 0.337 e. The first kappa shape index (κ1) is 17.1. The van der Waals surface area contributed by atoms with Crippen LogP contribution in [0.3, 0.4) is 0 Å². The molecule has 8 heteroatoms. The van der Waals surface area contributed by atoms with E-state index >= 15 is 0 Å². The standard InChI is InChI=1S/C17H14F3NO4/c1-6(18)12-9(3-8(19)4-10(12)20)14-13(16(22)23)7(2)21-11-5-25-17(24)15(11)14/h3-4,6,14,21H,5H2,1-2H3,(H,22,23)/t6-,14-/m0/s1. The van der Waals surface area contributed by atoms with Crippen LogP contribution in [0.2, 0.25) is 0 Å². The molecule has 2 atom stereocenters. The Morgan fingerprint density at radius 1 is 1.40 bits per heavy atom. The zero-order valence-electron chi connectivity index (χ0n) is 13.3. The minimum absolute atomic E-state index is 0.0742. The van der Waals surface area contributed by atoms with Crippen LogP contribution in [0.1, 0.15) is 37.1 Å². The van der Waals surface area contributed by atoms with Gasteiger partial charge in [0.15, 0.2) is 0 Å². The Hall–Kier alpha value is -2.77. The van der Waals surface area contributed by atoms with Crippen molar-refractivity contribution in [3.05, 3.63) is 57.4 Å². The van der Waals surface area contributed by atoms with Crippen LogP contribution in [0.15, 0.2) is 34.7 Å². The molecule has 25 heavy (non-hydrogen) atoms. The fourth-order valence-corrected chi connectivity index (χ4v) is 3.32. The highest BCUT2D eigenvalue weighted by molar-refractivity contribution is 6.00. The summed E-state index contributed by atoms with van der Waals surface area (Å²) in [6, 6.07) is 1.38. The fraction of sp³-hybridized carbons (Fsp3) is 0.294. The van der Waals surface area contributed by atoms with E-state index < -0.39 is 41.2 Å². The highest BCUT2D eigenvalue weighted by Crippen LogP contribution is 2.44. The summed E-state index contributed by atoms with van der Waals surface area (Å²) in [5.41, 5.74) is -0.584. The van der Waals surface area contributed by atoms with Crippen LogP contribution in [0.25, 0.3) is 0 Å². The van der Waals surface area contributed by atoms with E-state index in [2.05, 4.69) is 5.32 Å². The smallest absolute Gasteiger partial charge is 0.337 e. The second-order valence-electron chi connectivity index (χ2n) is 5.88. The topological polar surface area (TPSA) is 75.6 Å². The summed E-state index contributed by atoms with van der Waals surface area (Å²) < 4.78 is 47.0. The number of ether oxygens (including phenoxy) is 1. The van der Waals surface area contributed by atoms with Crippen molar-refractivity contribution in [1.82, 2.24) is 5.32 Å². The minimum Gasteiger partial charge on any atom is -0.478 e. The van der Waals surface area contributed by atoms with Gasteiger partial charge in [0, 0.05) is 17.3 Å². The third-order valence-corrected chi connectivity index (χ3v) is 4.28. The van der Waals surface area contributed by atoms with Crippen LogP contribution >= 0.6 is 0 Å². The van der Waals surface area contributed by atoms with E-state index in [9.17, 15) is 27.9 Å². The number of cyclic esters (lactones) is 1. The number of rotatable bonds is 3. The highest BCUT2D eigenvalue weighted by atomic mass is 19.1. The van der Waals surface area contributed by atoms with Gasteiger partial charge in [0.2, 0.25) is 0 Å². The number of nitrogens with one attached hydrogen (secondary N) is 1. The molecular weight excluding hydrogens is 339 g/mol. The summed E-state index contributed by atoms with van der Waals surface area (Å²) in [5.74, 6) is -5.66. The van der Waals surface area contributed by atoms with Crippen LogP contribution in [-0.4, -0.2) is 23.7 Å². The number of hydrogen-bond acceptors (Lipinski definition) is 4. The van der Waals surface area contributed by atoms with Crippen molar-refractivity contribution in [3.63, 3.8) is 0 Å². The van der Waals surface area contributed by atoms with Crippen molar-refractivity contribution in [3.8, 4) is 0 Å². The molecule has 5 nitrogen and oxygen atoms in total. The number of esters is 1. The van der Waals surface area contributed by atoms with Crippen molar-refractivity contribution in [2.45, 2.75) is 25.9 Å². The lowest BCUT2D eigenvalue weighted by Gasteiger charge is -2.28. The van der Waals surface area contributed by atoms with Gasteiger partial charge in [-0.1, -0.05) is 0 Å². The number of benzene rings is 1. The first-order valence-corrected chi connectivity index (χ1v) is 7.46. The Morgan fingerprint density at radius 3 is 2.68 bits per heavy atom. The van der Waals surface area contributed by atoms with E-state index in [-0.39, 0.29) is 29.0 Å². The molecule has 1 aromatic carbocycles. The predicted octanol–water partition coefficient (Wildman–Crippen LogP) is 2.85. The van der Waals surface area contributed by atoms with Crippen LogP contribution in [0, 0.1) is 11.6 Å². The monoisotopic (exact) mass is 353 g/mol. The molecule has 0 radical (unpaired) electrons. The number of halogens is 3. The number of hydrogen-bond donors (Lipinski definition) is 2. The van der Waals surface area contributed by atoms with Gasteiger partial charge in [-0.15, -0.1) is 0 Å². The van der Waals surface area contributed by atoms with Crippen LogP contribution in [0.5, 0.6) is 0 Å². The minimum atomic E-state index is -1.83. The Bertz CT molecular complexity index is 856. The lowest BCUT2D eigenvalue weighted by atomic mass is 9.78. The second kappa shape index (κ2) is 5.94. The van der Waals surface area contributed by atoms with E-state index in [1.54, 1.807) is 0 Å². The predicted molar refractivity (Wildman–Crippen MR) is 80.1 cm³/mol. The maximum absolute atomic E-state index is 14.2. The van der Waals surface area contributed by atoms with Gasteiger partial charge < -0.3 is 15.2 Å². The second-order valence-corrected chi connectivity index (χ2v) is 5.88. The first-order valence-electron chi connectivity index (χ1n) is 7.46. The lowest BCUT2D eigenvalue weighted by Crippen LogP contribution is -2.30. The summed E-state index contributed by atoms with van der Waals surface area (Å²) in [6.45, 7) is 2.39. The van der Waals surface area contributed by atoms with Crippen LogP contribution < -0.4 is 5.32 Å². The molecule has 0 unspecified atom stereocenters. The molecule has 0 aromatic heterocycles. The van der Waals surface area contributed by atoms with E-state index in [1.165, 1.54) is 6.92 Å². The summed E-state index contributed by atoms with van der Waals surface area (Å²) in [6.07, 6.45) is -1.83. The molecule has 0 aliphatic carbocycles. The largest absolute Gasteiger partial charge is 0.478 e. The molecule has 0 saturated heterocycles. The molecule has 3 rings (SSSR count). The number of aliphatic carboxylic acids is 1. The van der Waals surface area contributed by atoms with Gasteiger partial charge in [0.25, 0.3) is 0 Å². The van der Waals surface area contributed by atoms with Gasteiger partial charge >= 0.3 is 11.9 Å². The molecule has 0 saturated carbocycles. The van der Waals surface area contributed by atoms with Gasteiger partial charge in [-0.05, 0) is 25.5 Å². The Morgan fingerprint density at radius 2 is 2.08 bits per heavy atom. The molecule has 2 aliphatic rings. The van der Waals surface area contributed by atoms with Gasteiger partial charge in [0.05, 0.1) is 22.8 Å². The number of carbonyl (C=O) groups excluding carboxylic acids is 1. The molecular formula is C17H14F3NO4. The normalized spacial score (nSPS) is 21.0. The van der Waals surface area contributed by atoms with Crippen LogP contribution in [0.4, 0.5) is 13.2 Å². The third-order valence-electron chi connectivity index (χ3n) is 4.28. The molecule has 2 N–H and O–H groups in total. The maximum atomic E-state index is 14.2. The molecule has 0 spiro atoms. The van der Waals surface area contributed by atoms with Gasteiger partial charge in [-0.3, -0.25) is 0 Å². The molecule has 132 valence electrons. The van der Waals surface area contributed by atoms with Crippen LogP contribution in [-0.2, 0) is 14.3 Å². The van der Waals surface area contributed by atoms with E-state index in [4.69, 9.17) is 4.74 Å². The Balaban J connectivity index is 2.33. The Labute approximate surface area is 140 Å². The van der Waals surface area contributed by atoms with Gasteiger partial charge in [-0.25, -0.2) is 22.8 Å². The number of carboxylic acid groups (broad SMARTS) is 1. The van der Waals surface area contributed by atoms with E-state index in [0.29, 0.717) is 11.8 Å². The molecule has 2 heterocycles. The molecule has 2 aliphatic heterocycles. The van der Waals surface area contributed by atoms with Gasteiger partial charge in [-0.2, -0.15) is 0 Å². The van der Waals surface area contributed by atoms with E-state index in [0.717, 1.165) is 13.0 Å². The zero-order chi connectivity index (χ0) is 18.5. The number of carboxylic acids is 1. The molecule has 0 amide bonds. The number of allylic oxidation sites excluding steroid dienone is 1. The van der Waals surface area contributed by atoms with Crippen molar-refractivity contribution in [1.29, 1.82) is 0 Å². The van der Waals surface area contributed by atoms with Crippen molar-refractivity contribution < 1.29 is 32.6 Å². The number of alkyl halides is 1. The molecule has 1 aromatic rings. The molecule has 0 bridgehead atoms. The number of dihydropyridines is 1. The summed E-state index contributed by atoms with van der Waals surface area (Å²) in [5, 5.41) is 12.3. The van der Waals surface area contributed by atoms with Crippen molar-refractivity contribution in [2.24, 2.45) is 0 Å². The third kappa shape index (κ3) is 2.67. The summed E-state index contributed by atoms with van der Waals surface area (Å²) in [7, 11) is 0. The number of carbonyl (C=O) groups is 2. The fourth-order valence-electron chi connectivity index (χ4n) is 3.32. The average molecular weight is 353 g/mol. The average Bonchev–Trinajstić information content (AvgIpc) is 2.85. The first-order chi connectivity index (χ1) is 11.7. The quantitative estimate of drug-likeness (QED) is 0.818. The highest BCUT2D eigenvalue weighted by Gasteiger charge is 2.43. The Kier molecular flexibility index (Phi) is 4.06. The van der Waals surface area contributed by atoms with Crippen molar-refractivity contribution >= 4 is 11.9 Å². The summed E-state index contributed by atoms with van der Waals surface area (Å²) >= 11 is 0. The van der Waals surface area contributed by atoms with E-state index in [1.807, 2.05) is 0 Å². The van der Waals surface area contributed by atoms with Crippen molar-refractivity contribution in [2.75, 3.05) is 6.61 Å². The molecule has 0 fully saturated rings. The lowest BCUT2D eigenvalue weighted by molar-refractivity contribution is -0.136.